The molecule has 1 saturated heterocycles. The molecule has 0 aromatic rings. The number of aliphatic carboxylic acids is 1. The Hall–Kier alpha value is -1.06. The largest absolute Gasteiger partial charge is 0.481 e. The first kappa shape index (κ1) is 16.3. The van der Waals surface area contributed by atoms with Crippen molar-refractivity contribution in [3.63, 3.8) is 0 Å². The number of piperidine rings is 1. The van der Waals surface area contributed by atoms with E-state index in [1.165, 1.54) is 19.3 Å². The number of likely N-dealkylation sites (tertiary alicyclic amines) is 1. The van der Waals surface area contributed by atoms with Crippen LogP contribution in [0.2, 0.25) is 0 Å². The van der Waals surface area contributed by atoms with Crippen LogP contribution in [0, 0.1) is 11.3 Å². The van der Waals surface area contributed by atoms with Crippen LogP contribution < -0.4 is 0 Å². The molecule has 1 aliphatic heterocycles. The van der Waals surface area contributed by atoms with Gasteiger partial charge in [-0.25, -0.2) is 0 Å². The summed E-state index contributed by atoms with van der Waals surface area (Å²) < 4.78 is 0. The van der Waals surface area contributed by atoms with Crippen LogP contribution in [-0.2, 0) is 9.59 Å². The summed E-state index contributed by atoms with van der Waals surface area (Å²) in [6.45, 7) is 3.19. The molecule has 2 aliphatic rings. The molecule has 1 saturated carbocycles. The van der Waals surface area contributed by atoms with Crippen LogP contribution in [0.4, 0.5) is 0 Å². The maximum Gasteiger partial charge on any atom is 0.309 e. The lowest BCUT2D eigenvalue weighted by Gasteiger charge is -2.39. The molecule has 2 rings (SSSR count). The molecule has 2 fully saturated rings. The number of hydrogen-bond donors (Lipinski definition) is 1. The third-order valence-corrected chi connectivity index (χ3v) is 5.62. The van der Waals surface area contributed by atoms with Gasteiger partial charge in [-0.1, -0.05) is 39.0 Å². The zero-order valence-electron chi connectivity index (χ0n) is 13.3. The summed E-state index contributed by atoms with van der Waals surface area (Å²) >= 11 is 0. The van der Waals surface area contributed by atoms with Crippen molar-refractivity contribution in [3.05, 3.63) is 0 Å². The molecule has 0 spiro atoms. The Morgan fingerprint density at radius 2 is 1.57 bits per heavy atom. The Balaban J connectivity index is 1.91. The first-order valence-electron chi connectivity index (χ1n) is 8.61. The normalized spacial score (nSPS) is 24.1. The van der Waals surface area contributed by atoms with Gasteiger partial charge in [-0.2, -0.15) is 0 Å². The highest BCUT2D eigenvalue weighted by Gasteiger charge is 2.41. The number of carboxylic acids is 1. The molecule has 1 heterocycles. The second-order valence-corrected chi connectivity index (χ2v) is 6.81. The molecule has 0 bridgehead atoms. The van der Waals surface area contributed by atoms with Crippen molar-refractivity contribution in [1.82, 2.24) is 4.90 Å². The molecular formula is C17H29NO3. The highest BCUT2D eigenvalue weighted by atomic mass is 16.4. The minimum absolute atomic E-state index is 0.184. The molecule has 120 valence electrons. The fraction of sp³-hybridized carbons (Fsp3) is 0.882. The van der Waals surface area contributed by atoms with Gasteiger partial charge in [0.1, 0.15) is 0 Å². The highest BCUT2D eigenvalue weighted by Crippen LogP contribution is 2.36. The second kappa shape index (κ2) is 7.28. The third kappa shape index (κ3) is 3.78. The van der Waals surface area contributed by atoms with Crippen LogP contribution in [0.1, 0.15) is 71.1 Å². The van der Waals surface area contributed by atoms with E-state index in [0.29, 0.717) is 32.4 Å². The Morgan fingerprint density at radius 3 is 2.05 bits per heavy atom. The summed E-state index contributed by atoms with van der Waals surface area (Å²) in [5, 5.41) is 9.43. The maximum absolute atomic E-state index is 12.7. The molecule has 4 nitrogen and oxygen atoms in total. The van der Waals surface area contributed by atoms with Crippen LogP contribution in [0.5, 0.6) is 0 Å². The maximum atomic E-state index is 12.7. The molecular weight excluding hydrogens is 266 g/mol. The van der Waals surface area contributed by atoms with Gasteiger partial charge in [0.15, 0.2) is 0 Å². The number of rotatable bonds is 3. The van der Waals surface area contributed by atoms with Gasteiger partial charge in [-0.05, 0) is 32.1 Å². The minimum atomic E-state index is -0.692. The number of carbonyl (C=O) groups is 2. The van der Waals surface area contributed by atoms with Crippen LogP contribution in [0.3, 0.4) is 0 Å². The van der Waals surface area contributed by atoms with Crippen molar-refractivity contribution in [2.75, 3.05) is 13.1 Å². The molecule has 1 aliphatic carbocycles. The Morgan fingerprint density at radius 1 is 1.05 bits per heavy atom. The summed E-state index contributed by atoms with van der Waals surface area (Å²) in [4.78, 5) is 26.1. The van der Waals surface area contributed by atoms with E-state index in [9.17, 15) is 14.7 Å². The second-order valence-electron chi connectivity index (χ2n) is 6.81. The number of hydrogen-bond acceptors (Lipinski definition) is 2. The van der Waals surface area contributed by atoms with Gasteiger partial charge >= 0.3 is 5.97 Å². The Kier molecular flexibility index (Phi) is 5.65. The SMILES string of the molecule is CCC1(C(=O)O)CCN(C(=O)C2CCCCCCC2)CC1. The van der Waals surface area contributed by atoms with Gasteiger partial charge in [0.2, 0.25) is 5.91 Å². The first-order chi connectivity index (χ1) is 10.1. The summed E-state index contributed by atoms with van der Waals surface area (Å²) in [5.41, 5.74) is -0.599. The molecule has 0 atom stereocenters. The van der Waals surface area contributed by atoms with E-state index in [2.05, 4.69) is 0 Å². The summed E-state index contributed by atoms with van der Waals surface area (Å²) in [6, 6.07) is 0. The first-order valence-corrected chi connectivity index (χ1v) is 8.61. The quantitative estimate of drug-likeness (QED) is 0.867. The minimum Gasteiger partial charge on any atom is -0.481 e. The monoisotopic (exact) mass is 295 g/mol. The van der Waals surface area contributed by atoms with Crippen LogP contribution in [0.15, 0.2) is 0 Å². The van der Waals surface area contributed by atoms with Crippen LogP contribution in [-0.4, -0.2) is 35.0 Å². The van der Waals surface area contributed by atoms with E-state index < -0.39 is 11.4 Å². The average Bonchev–Trinajstić information content (AvgIpc) is 2.46. The molecule has 1 N–H and O–H groups in total. The van der Waals surface area contributed by atoms with Crippen molar-refractivity contribution in [2.45, 2.75) is 71.1 Å². The number of amides is 1. The van der Waals surface area contributed by atoms with Crippen molar-refractivity contribution in [3.8, 4) is 0 Å². The molecule has 4 heteroatoms. The lowest BCUT2D eigenvalue weighted by atomic mass is 9.76. The number of nitrogens with zero attached hydrogens (tertiary/aromatic N) is 1. The van der Waals surface area contributed by atoms with Crippen molar-refractivity contribution >= 4 is 11.9 Å². The molecule has 0 aromatic carbocycles. The molecule has 1 amide bonds. The van der Waals surface area contributed by atoms with E-state index in [1.54, 1.807) is 0 Å². The van der Waals surface area contributed by atoms with Crippen molar-refractivity contribution < 1.29 is 14.7 Å². The van der Waals surface area contributed by atoms with Crippen LogP contribution in [0.25, 0.3) is 0 Å². The van der Waals surface area contributed by atoms with Gasteiger partial charge in [0.25, 0.3) is 0 Å². The predicted octanol–water partition coefficient (Wildman–Crippen LogP) is 3.45. The van der Waals surface area contributed by atoms with Gasteiger partial charge in [-0.15, -0.1) is 0 Å². The number of carboxylic acid groups (broad SMARTS) is 1. The van der Waals surface area contributed by atoms with Crippen molar-refractivity contribution in [2.24, 2.45) is 11.3 Å². The molecule has 0 unspecified atom stereocenters. The Bertz CT molecular complexity index is 364. The highest BCUT2D eigenvalue weighted by molar-refractivity contribution is 5.80. The van der Waals surface area contributed by atoms with Gasteiger partial charge in [0, 0.05) is 19.0 Å². The standard InChI is InChI=1S/C17H29NO3/c1-2-17(16(20)21)10-12-18(13-11-17)15(19)14-8-6-4-3-5-7-9-14/h14H,2-13H2,1H3,(H,20,21). The van der Waals surface area contributed by atoms with E-state index in [1.807, 2.05) is 11.8 Å². The van der Waals surface area contributed by atoms with Gasteiger partial charge in [-0.3, -0.25) is 9.59 Å². The summed E-state index contributed by atoms with van der Waals surface area (Å²) in [7, 11) is 0. The fourth-order valence-electron chi connectivity index (χ4n) is 3.84. The summed E-state index contributed by atoms with van der Waals surface area (Å²) in [5.74, 6) is -0.223. The van der Waals surface area contributed by atoms with Gasteiger partial charge < -0.3 is 10.0 Å². The third-order valence-electron chi connectivity index (χ3n) is 5.62. The topological polar surface area (TPSA) is 57.6 Å². The Labute approximate surface area is 127 Å². The average molecular weight is 295 g/mol. The zero-order valence-corrected chi connectivity index (χ0v) is 13.3. The number of carbonyl (C=O) groups excluding carboxylic acids is 1. The fourth-order valence-corrected chi connectivity index (χ4v) is 3.84. The van der Waals surface area contributed by atoms with E-state index >= 15 is 0 Å². The van der Waals surface area contributed by atoms with Crippen LogP contribution >= 0.6 is 0 Å². The van der Waals surface area contributed by atoms with Gasteiger partial charge in [0.05, 0.1) is 5.41 Å². The lowest BCUT2D eigenvalue weighted by molar-refractivity contribution is -0.155. The predicted molar refractivity (Wildman–Crippen MR) is 82.0 cm³/mol. The van der Waals surface area contributed by atoms with E-state index in [0.717, 1.165) is 25.7 Å². The molecule has 0 aromatic heterocycles. The summed E-state index contributed by atoms with van der Waals surface area (Å²) in [6.07, 6.45) is 10.1. The van der Waals surface area contributed by atoms with E-state index in [-0.39, 0.29) is 11.8 Å². The zero-order chi connectivity index (χ0) is 15.3. The van der Waals surface area contributed by atoms with E-state index in [4.69, 9.17) is 0 Å². The molecule has 21 heavy (non-hydrogen) atoms. The molecule has 0 radical (unpaired) electrons. The smallest absolute Gasteiger partial charge is 0.309 e. The van der Waals surface area contributed by atoms with Crippen molar-refractivity contribution in [1.29, 1.82) is 0 Å². The lowest BCUT2D eigenvalue weighted by Crippen LogP contribution is -2.48.